The number of hydrogen-bond acceptors (Lipinski definition) is 4. The predicted octanol–water partition coefficient (Wildman–Crippen LogP) is 0.742. The number of hydrogen-bond donors (Lipinski definition) is 3. The maximum atomic E-state index is 12.5. The minimum Gasteiger partial charge on any atom is -0.346 e. The molecule has 5 heteroatoms. The monoisotopic (exact) mass is 286 g/mol. The Labute approximate surface area is 124 Å². The smallest absolute Gasteiger partial charge is 0.270 e. The van der Waals surface area contributed by atoms with Gasteiger partial charge in [-0.2, -0.15) is 0 Å². The fourth-order valence-corrected chi connectivity index (χ4v) is 3.86. The fraction of sp³-hybridized carbons (Fsp3) is 0.625. The van der Waals surface area contributed by atoms with E-state index in [1.807, 2.05) is 6.07 Å². The van der Waals surface area contributed by atoms with E-state index in [9.17, 15) is 4.79 Å². The standard InChI is InChI=1S/C16H22N4O/c21-15(20-14-5-9-18-16(14)6-1-7-16)12-3-2-11-4-8-17-10-13(11)19-12/h2-3,14,17-18H,1,4-10H2,(H,20,21). The Morgan fingerprint density at radius 1 is 1.33 bits per heavy atom. The fourth-order valence-electron chi connectivity index (χ4n) is 3.86. The molecule has 112 valence electrons. The maximum absolute atomic E-state index is 12.5. The van der Waals surface area contributed by atoms with Crippen molar-refractivity contribution >= 4 is 5.91 Å². The molecule has 2 aliphatic heterocycles. The molecule has 0 radical (unpaired) electrons. The Kier molecular flexibility index (Phi) is 3.19. The van der Waals surface area contributed by atoms with Crippen LogP contribution in [0.4, 0.5) is 0 Å². The van der Waals surface area contributed by atoms with E-state index < -0.39 is 0 Å². The van der Waals surface area contributed by atoms with Crippen molar-refractivity contribution in [2.45, 2.75) is 50.2 Å². The summed E-state index contributed by atoms with van der Waals surface area (Å²) in [6.45, 7) is 2.77. The molecule has 5 nitrogen and oxygen atoms in total. The van der Waals surface area contributed by atoms with Gasteiger partial charge in [-0.05, 0) is 56.8 Å². The van der Waals surface area contributed by atoms with Crippen molar-refractivity contribution in [3.05, 3.63) is 29.1 Å². The van der Waals surface area contributed by atoms with E-state index in [1.165, 1.54) is 24.8 Å². The van der Waals surface area contributed by atoms with Crippen molar-refractivity contribution in [2.75, 3.05) is 13.1 Å². The second kappa shape index (κ2) is 5.07. The Balaban J connectivity index is 1.50. The highest BCUT2D eigenvalue weighted by molar-refractivity contribution is 5.92. The van der Waals surface area contributed by atoms with Gasteiger partial charge in [-0.3, -0.25) is 4.79 Å². The molecule has 0 bridgehead atoms. The molecule has 2 fully saturated rings. The van der Waals surface area contributed by atoms with Crippen LogP contribution in [0.25, 0.3) is 0 Å². The summed E-state index contributed by atoms with van der Waals surface area (Å²) in [5, 5.41) is 10.1. The molecular formula is C16H22N4O. The number of aromatic nitrogens is 1. The minimum absolute atomic E-state index is 0.0247. The zero-order valence-electron chi connectivity index (χ0n) is 12.2. The van der Waals surface area contributed by atoms with Crippen molar-refractivity contribution < 1.29 is 4.79 Å². The molecule has 0 aromatic carbocycles. The van der Waals surface area contributed by atoms with Crippen molar-refractivity contribution in [3.8, 4) is 0 Å². The topological polar surface area (TPSA) is 66.0 Å². The Bertz CT molecular complexity index is 567. The van der Waals surface area contributed by atoms with E-state index in [4.69, 9.17) is 0 Å². The number of nitrogens with one attached hydrogen (secondary N) is 3. The summed E-state index contributed by atoms with van der Waals surface area (Å²) < 4.78 is 0. The molecule has 4 rings (SSSR count). The van der Waals surface area contributed by atoms with Crippen molar-refractivity contribution in [1.82, 2.24) is 20.9 Å². The summed E-state index contributed by atoms with van der Waals surface area (Å²) in [4.78, 5) is 17.0. The van der Waals surface area contributed by atoms with Crippen LogP contribution in [-0.2, 0) is 13.0 Å². The summed E-state index contributed by atoms with van der Waals surface area (Å²) in [7, 11) is 0. The SMILES string of the molecule is O=C(NC1CCNC12CCC2)c1ccc2c(n1)CNCC2. The molecule has 3 aliphatic rings. The third-order valence-corrected chi connectivity index (χ3v) is 5.29. The van der Waals surface area contributed by atoms with Crippen LogP contribution in [0, 0.1) is 0 Å². The van der Waals surface area contributed by atoms with Crippen molar-refractivity contribution in [1.29, 1.82) is 0 Å². The number of carbonyl (C=O) groups excluding carboxylic acids is 1. The first-order valence-corrected chi connectivity index (χ1v) is 8.02. The van der Waals surface area contributed by atoms with E-state index in [0.29, 0.717) is 5.69 Å². The normalized spacial score (nSPS) is 26.2. The molecule has 1 aromatic heterocycles. The molecule has 3 heterocycles. The Hall–Kier alpha value is -1.46. The minimum atomic E-state index is -0.0247. The molecule has 21 heavy (non-hydrogen) atoms. The molecule has 1 unspecified atom stereocenters. The van der Waals surface area contributed by atoms with Gasteiger partial charge in [0, 0.05) is 18.1 Å². The predicted molar refractivity (Wildman–Crippen MR) is 80.1 cm³/mol. The molecule has 1 aromatic rings. The van der Waals surface area contributed by atoms with E-state index in [-0.39, 0.29) is 17.5 Å². The second-order valence-electron chi connectivity index (χ2n) is 6.48. The lowest BCUT2D eigenvalue weighted by Gasteiger charge is -2.43. The summed E-state index contributed by atoms with van der Waals surface area (Å²) >= 11 is 0. The van der Waals surface area contributed by atoms with Crippen LogP contribution < -0.4 is 16.0 Å². The lowest BCUT2D eigenvalue weighted by molar-refractivity contribution is 0.0876. The number of nitrogens with zero attached hydrogens (tertiary/aromatic N) is 1. The first-order valence-electron chi connectivity index (χ1n) is 8.02. The highest BCUT2D eigenvalue weighted by Crippen LogP contribution is 2.39. The first-order chi connectivity index (χ1) is 10.3. The second-order valence-corrected chi connectivity index (χ2v) is 6.48. The molecule has 3 N–H and O–H groups in total. The van der Waals surface area contributed by atoms with E-state index >= 15 is 0 Å². The van der Waals surface area contributed by atoms with Gasteiger partial charge in [0.15, 0.2) is 0 Å². The maximum Gasteiger partial charge on any atom is 0.270 e. The van der Waals surface area contributed by atoms with Gasteiger partial charge in [0.25, 0.3) is 5.91 Å². The zero-order valence-corrected chi connectivity index (χ0v) is 12.2. The van der Waals surface area contributed by atoms with Gasteiger partial charge < -0.3 is 16.0 Å². The Morgan fingerprint density at radius 3 is 3.05 bits per heavy atom. The van der Waals surface area contributed by atoms with Gasteiger partial charge in [0.2, 0.25) is 0 Å². The van der Waals surface area contributed by atoms with Gasteiger partial charge in [-0.15, -0.1) is 0 Å². The molecule has 1 amide bonds. The van der Waals surface area contributed by atoms with Crippen LogP contribution in [0.1, 0.15) is 47.4 Å². The molecule has 1 saturated heterocycles. The third-order valence-electron chi connectivity index (χ3n) is 5.29. The summed E-state index contributed by atoms with van der Waals surface area (Å²) in [6, 6.07) is 4.19. The lowest BCUT2D eigenvalue weighted by Crippen LogP contribution is -2.59. The first kappa shape index (κ1) is 13.2. The van der Waals surface area contributed by atoms with Gasteiger partial charge >= 0.3 is 0 Å². The van der Waals surface area contributed by atoms with Gasteiger partial charge in [-0.1, -0.05) is 6.07 Å². The summed E-state index contributed by atoms with van der Waals surface area (Å²) in [5.41, 5.74) is 3.02. The van der Waals surface area contributed by atoms with Crippen LogP contribution in [0.3, 0.4) is 0 Å². The average Bonchev–Trinajstić information content (AvgIpc) is 2.90. The molecular weight excluding hydrogens is 264 g/mol. The van der Waals surface area contributed by atoms with Crippen molar-refractivity contribution in [2.24, 2.45) is 0 Å². The van der Waals surface area contributed by atoms with Crippen molar-refractivity contribution in [3.63, 3.8) is 0 Å². The molecule has 1 saturated carbocycles. The lowest BCUT2D eigenvalue weighted by atomic mass is 9.73. The van der Waals surface area contributed by atoms with Crippen LogP contribution in [0.15, 0.2) is 12.1 Å². The van der Waals surface area contributed by atoms with Crippen LogP contribution in [0.5, 0.6) is 0 Å². The highest BCUT2D eigenvalue weighted by Gasteiger charge is 2.47. The van der Waals surface area contributed by atoms with E-state index in [0.717, 1.165) is 38.2 Å². The largest absolute Gasteiger partial charge is 0.346 e. The summed E-state index contributed by atoms with van der Waals surface area (Å²) in [5.74, 6) is -0.0247. The third kappa shape index (κ3) is 2.24. The number of carbonyl (C=O) groups is 1. The van der Waals surface area contributed by atoms with Gasteiger partial charge in [0.05, 0.1) is 5.69 Å². The number of rotatable bonds is 2. The van der Waals surface area contributed by atoms with E-state index in [1.54, 1.807) is 0 Å². The molecule has 1 spiro atoms. The van der Waals surface area contributed by atoms with Crippen LogP contribution >= 0.6 is 0 Å². The quantitative estimate of drug-likeness (QED) is 0.750. The highest BCUT2D eigenvalue weighted by atomic mass is 16.2. The van der Waals surface area contributed by atoms with E-state index in [2.05, 4.69) is 27.0 Å². The Morgan fingerprint density at radius 2 is 2.24 bits per heavy atom. The molecule has 1 atom stereocenters. The zero-order chi connectivity index (χ0) is 14.3. The average molecular weight is 286 g/mol. The molecule has 1 aliphatic carbocycles. The van der Waals surface area contributed by atoms with Crippen LogP contribution in [0.2, 0.25) is 0 Å². The number of pyridine rings is 1. The van der Waals surface area contributed by atoms with Gasteiger partial charge in [-0.25, -0.2) is 4.98 Å². The number of fused-ring (bicyclic) bond motifs is 1. The van der Waals surface area contributed by atoms with Gasteiger partial charge in [0.1, 0.15) is 5.69 Å². The van der Waals surface area contributed by atoms with Crippen LogP contribution in [-0.4, -0.2) is 35.6 Å². The number of amides is 1. The summed E-state index contributed by atoms with van der Waals surface area (Å²) in [6.07, 6.45) is 5.65.